The van der Waals surface area contributed by atoms with E-state index in [1.54, 1.807) is 0 Å². The van der Waals surface area contributed by atoms with E-state index in [9.17, 15) is 5.11 Å². The SMILES string of the molecule is Cc1cc(Cl)cc(C(O)c2ccc(C)cc2C)c1. The summed E-state index contributed by atoms with van der Waals surface area (Å²) in [6.07, 6.45) is -0.622. The van der Waals surface area contributed by atoms with Gasteiger partial charge in [-0.1, -0.05) is 41.4 Å². The molecular formula is C16H17ClO. The molecule has 2 aromatic rings. The number of aryl methyl sites for hydroxylation is 3. The summed E-state index contributed by atoms with van der Waals surface area (Å²) in [5.41, 5.74) is 5.13. The van der Waals surface area contributed by atoms with Crippen molar-refractivity contribution >= 4 is 11.6 Å². The van der Waals surface area contributed by atoms with Crippen LogP contribution in [0.1, 0.15) is 33.9 Å². The summed E-state index contributed by atoms with van der Waals surface area (Å²) in [6.45, 7) is 6.04. The van der Waals surface area contributed by atoms with Crippen LogP contribution in [0.3, 0.4) is 0 Å². The fourth-order valence-electron chi connectivity index (χ4n) is 2.23. The molecule has 2 heteroatoms. The van der Waals surface area contributed by atoms with Crippen LogP contribution in [0.15, 0.2) is 36.4 Å². The summed E-state index contributed by atoms with van der Waals surface area (Å²) in [7, 11) is 0. The summed E-state index contributed by atoms with van der Waals surface area (Å²) in [4.78, 5) is 0. The van der Waals surface area contributed by atoms with E-state index in [2.05, 4.69) is 6.07 Å². The summed E-state index contributed by atoms with van der Waals surface area (Å²) in [6, 6.07) is 11.7. The van der Waals surface area contributed by atoms with Gasteiger partial charge < -0.3 is 5.11 Å². The molecule has 2 aromatic carbocycles. The summed E-state index contributed by atoms with van der Waals surface area (Å²) < 4.78 is 0. The van der Waals surface area contributed by atoms with Gasteiger partial charge in [0.15, 0.2) is 0 Å². The maximum absolute atomic E-state index is 10.5. The highest BCUT2D eigenvalue weighted by molar-refractivity contribution is 6.30. The Hall–Kier alpha value is -1.31. The zero-order chi connectivity index (χ0) is 13.3. The zero-order valence-electron chi connectivity index (χ0n) is 10.9. The minimum absolute atomic E-state index is 0.622. The molecule has 0 spiro atoms. The second kappa shape index (κ2) is 5.13. The first-order valence-electron chi connectivity index (χ1n) is 5.99. The van der Waals surface area contributed by atoms with Crippen LogP contribution in [0.5, 0.6) is 0 Å². The maximum atomic E-state index is 10.5. The van der Waals surface area contributed by atoms with Crippen molar-refractivity contribution in [3.63, 3.8) is 0 Å². The van der Waals surface area contributed by atoms with E-state index in [1.807, 2.05) is 51.1 Å². The lowest BCUT2D eigenvalue weighted by molar-refractivity contribution is 0.219. The van der Waals surface area contributed by atoms with Gasteiger partial charge in [-0.05, 0) is 55.2 Å². The number of hydrogen-bond acceptors (Lipinski definition) is 1. The van der Waals surface area contributed by atoms with Crippen LogP contribution < -0.4 is 0 Å². The van der Waals surface area contributed by atoms with Crippen LogP contribution >= 0.6 is 11.6 Å². The van der Waals surface area contributed by atoms with Gasteiger partial charge in [-0.15, -0.1) is 0 Å². The van der Waals surface area contributed by atoms with E-state index in [-0.39, 0.29) is 0 Å². The molecule has 1 nitrogen and oxygen atoms in total. The average Bonchev–Trinajstić information content (AvgIpc) is 2.26. The monoisotopic (exact) mass is 260 g/mol. The van der Waals surface area contributed by atoms with E-state index < -0.39 is 6.10 Å². The normalized spacial score (nSPS) is 12.5. The lowest BCUT2D eigenvalue weighted by Crippen LogP contribution is -2.02. The third-order valence-corrected chi connectivity index (χ3v) is 3.32. The molecule has 0 fully saturated rings. The lowest BCUT2D eigenvalue weighted by atomic mass is 9.95. The molecular weight excluding hydrogens is 244 g/mol. The summed E-state index contributed by atoms with van der Waals surface area (Å²) in [5, 5.41) is 11.1. The van der Waals surface area contributed by atoms with Crippen molar-refractivity contribution in [2.75, 3.05) is 0 Å². The summed E-state index contributed by atoms with van der Waals surface area (Å²) in [5.74, 6) is 0. The van der Waals surface area contributed by atoms with Gasteiger partial charge in [0.1, 0.15) is 6.10 Å². The van der Waals surface area contributed by atoms with Crippen LogP contribution in [0, 0.1) is 20.8 Å². The lowest BCUT2D eigenvalue weighted by Gasteiger charge is -2.15. The first-order chi connectivity index (χ1) is 8.47. The Balaban J connectivity index is 2.44. The predicted octanol–water partition coefficient (Wildman–Crippen LogP) is 4.35. The van der Waals surface area contributed by atoms with Crippen molar-refractivity contribution in [1.82, 2.24) is 0 Å². The van der Waals surface area contributed by atoms with Crippen LogP contribution in [0.2, 0.25) is 5.02 Å². The number of aliphatic hydroxyl groups excluding tert-OH is 1. The van der Waals surface area contributed by atoms with Gasteiger partial charge in [0.25, 0.3) is 0 Å². The Morgan fingerprint density at radius 2 is 1.67 bits per heavy atom. The fraction of sp³-hybridized carbons (Fsp3) is 0.250. The number of rotatable bonds is 2. The minimum atomic E-state index is -0.622. The molecule has 0 radical (unpaired) electrons. The summed E-state index contributed by atoms with van der Waals surface area (Å²) >= 11 is 6.04. The molecule has 0 aliphatic heterocycles. The predicted molar refractivity (Wildman–Crippen MR) is 76.2 cm³/mol. The molecule has 0 amide bonds. The minimum Gasteiger partial charge on any atom is -0.384 e. The molecule has 0 bridgehead atoms. The van der Waals surface area contributed by atoms with Gasteiger partial charge in [-0.2, -0.15) is 0 Å². The van der Waals surface area contributed by atoms with Gasteiger partial charge in [0.2, 0.25) is 0 Å². The average molecular weight is 261 g/mol. The molecule has 18 heavy (non-hydrogen) atoms. The van der Waals surface area contributed by atoms with Gasteiger partial charge in [0, 0.05) is 5.02 Å². The molecule has 0 aromatic heterocycles. The van der Waals surface area contributed by atoms with E-state index in [0.29, 0.717) is 5.02 Å². The highest BCUT2D eigenvalue weighted by Gasteiger charge is 2.13. The molecule has 0 aliphatic rings. The Bertz CT molecular complexity index is 555. The fourth-order valence-corrected chi connectivity index (χ4v) is 2.53. The molecule has 0 saturated heterocycles. The van der Waals surface area contributed by atoms with E-state index in [0.717, 1.165) is 22.3 Å². The van der Waals surface area contributed by atoms with Gasteiger partial charge in [0.05, 0.1) is 0 Å². The van der Waals surface area contributed by atoms with Gasteiger partial charge >= 0.3 is 0 Å². The highest BCUT2D eigenvalue weighted by atomic mass is 35.5. The topological polar surface area (TPSA) is 20.2 Å². The molecule has 94 valence electrons. The molecule has 0 heterocycles. The molecule has 1 unspecified atom stereocenters. The maximum Gasteiger partial charge on any atom is 0.104 e. The van der Waals surface area contributed by atoms with E-state index in [1.165, 1.54) is 5.56 Å². The number of benzene rings is 2. The highest BCUT2D eigenvalue weighted by Crippen LogP contribution is 2.28. The largest absolute Gasteiger partial charge is 0.384 e. The van der Waals surface area contributed by atoms with Crippen LogP contribution in [-0.4, -0.2) is 5.11 Å². The van der Waals surface area contributed by atoms with Crippen LogP contribution in [0.25, 0.3) is 0 Å². The number of halogens is 1. The van der Waals surface area contributed by atoms with Crippen LogP contribution in [0.4, 0.5) is 0 Å². The van der Waals surface area contributed by atoms with Gasteiger partial charge in [-0.3, -0.25) is 0 Å². The second-order valence-corrected chi connectivity index (χ2v) is 5.26. The third-order valence-electron chi connectivity index (χ3n) is 3.10. The van der Waals surface area contributed by atoms with Crippen LogP contribution in [-0.2, 0) is 0 Å². The quantitative estimate of drug-likeness (QED) is 0.851. The van der Waals surface area contributed by atoms with Crippen molar-refractivity contribution in [3.05, 3.63) is 69.2 Å². The van der Waals surface area contributed by atoms with Crippen molar-refractivity contribution < 1.29 is 5.11 Å². The number of hydrogen-bond donors (Lipinski definition) is 1. The van der Waals surface area contributed by atoms with E-state index >= 15 is 0 Å². The molecule has 1 N–H and O–H groups in total. The second-order valence-electron chi connectivity index (χ2n) is 4.82. The van der Waals surface area contributed by atoms with Crippen molar-refractivity contribution in [3.8, 4) is 0 Å². The van der Waals surface area contributed by atoms with Crippen molar-refractivity contribution in [2.24, 2.45) is 0 Å². The molecule has 0 aliphatic carbocycles. The van der Waals surface area contributed by atoms with Gasteiger partial charge in [-0.25, -0.2) is 0 Å². The number of aliphatic hydroxyl groups is 1. The Labute approximate surface area is 113 Å². The Morgan fingerprint density at radius 1 is 0.944 bits per heavy atom. The smallest absolute Gasteiger partial charge is 0.104 e. The first kappa shape index (κ1) is 13.1. The third kappa shape index (κ3) is 2.74. The first-order valence-corrected chi connectivity index (χ1v) is 6.37. The Morgan fingerprint density at radius 3 is 2.28 bits per heavy atom. The molecule has 1 atom stereocenters. The van der Waals surface area contributed by atoms with Crippen molar-refractivity contribution in [2.45, 2.75) is 26.9 Å². The zero-order valence-corrected chi connectivity index (χ0v) is 11.6. The molecule has 2 rings (SSSR count). The van der Waals surface area contributed by atoms with Crippen molar-refractivity contribution in [1.29, 1.82) is 0 Å². The standard InChI is InChI=1S/C16H17ClO/c1-10-4-5-15(12(3)6-10)16(18)13-7-11(2)8-14(17)9-13/h4-9,16,18H,1-3H3. The Kier molecular flexibility index (Phi) is 3.74. The molecule has 0 saturated carbocycles. The van der Waals surface area contributed by atoms with E-state index in [4.69, 9.17) is 11.6 Å².